The van der Waals surface area contributed by atoms with Crippen molar-refractivity contribution in [3.8, 4) is 6.01 Å². The molecule has 1 aromatic rings. The normalized spacial score (nSPS) is 25.1. The SMILES string of the molecule is C=CCC[C@H](CN1C[C@H]2CC=CC[C@H]2C1)Oc1ncc(Cl)cn1. The van der Waals surface area contributed by atoms with Gasteiger partial charge in [-0.3, -0.25) is 4.90 Å². The lowest BCUT2D eigenvalue weighted by atomic mass is 9.86. The van der Waals surface area contributed by atoms with E-state index in [0.717, 1.165) is 31.2 Å². The molecule has 0 amide bonds. The van der Waals surface area contributed by atoms with Crippen molar-refractivity contribution in [2.75, 3.05) is 19.6 Å². The van der Waals surface area contributed by atoms with Crippen LogP contribution in [0.2, 0.25) is 5.02 Å². The number of aromatic nitrogens is 2. The molecule has 0 saturated carbocycles. The van der Waals surface area contributed by atoms with E-state index in [2.05, 4.69) is 33.6 Å². The van der Waals surface area contributed by atoms with E-state index < -0.39 is 0 Å². The number of allylic oxidation sites excluding steroid dienone is 3. The van der Waals surface area contributed by atoms with E-state index in [0.29, 0.717) is 11.0 Å². The molecule has 2 heterocycles. The second-order valence-corrected chi connectivity index (χ2v) is 6.91. The minimum absolute atomic E-state index is 0.0855. The molecule has 1 saturated heterocycles. The predicted molar refractivity (Wildman–Crippen MR) is 92.7 cm³/mol. The topological polar surface area (TPSA) is 38.2 Å². The van der Waals surface area contributed by atoms with Gasteiger partial charge in [0.25, 0.3) is 0 Å². The van der Waals surface area contributed by atoms with Crippen molar-refractivity contribution < 1.29 is 4.74 Å². The second kappa shape index (κ2) is 7.93. The van der Waals surface area contributed by atoms with E-state index in [1.807, 2.05) is 6.08 Å². The van der Waals surface area contributed by atoms with Crippen LogP contribution in [0.4, 0.5) is 0 Å². The standard InChI is InChI=1S/C18H24ClN3O/c1-2-3-8-17(23-18-20-9-16(19)10-21-18)13-22-11-14-6-4-5-7-15(14)12-22/h2,4-5,9-10,14-15,17H,1,3,6-8,11-13H2/t14-,15+,17-/m1/s1. The molecular formula is C18H24ClN3O. The Balaban J connectivity index is 1.58. The quantitative estimate of drug-likeness (QED) is 0.712. The summed E-state index contributed by atoms with van der Waals surface area (Å²) in [5.41, 5.74) is 0. The van der Waals surface area contributed by atoms with Gasteiger partial charge in [-0.15, -0.1) is 6.58 Å². The summed E-state index contributed by atoms with van der Waals surface area (Å²) in [6, 6.07) is 0.404. The Labute approximate surface area is 143 Å². The largest absolute Gasteiger partial charge is 0.459 e. The van der Waals surface area contributed by atoms with Crippen molar-refractivity contribution in [1.82, 2.24) is 14.9 Å². The fourth-order valence-corrected chi connectivity index (χ4v) is 3.65. The van der Waals surface area contributed by atoms with Crippen molar-refractivity contribution in [2.24, 2.45) is 11.8 Å². The zero-order chi connectivity index (χ0) is 16.1. The van der Waals surface area contributed by atoms with Gasteiger partial charge in [-0.05, 0) is 37.5 Å². The lowest BCUT2D eigenvalue weighted by molar-refractivity contribution is 0.126. The van der Waals surface area contributed by atoms with Crippen molar-refractivity contribution in [2.45, 2.75) is 31.8 Å². The van der Waals surface area contributed by atoms with Crippen LogP contribution >= 0.6 is 11.6 Å². The fourth-order valence-electron chi connectivity index (χ4n) is 3.55. The number of hydrogen-bond acceptors (Lipinski definition) is 4. The lowest BCUT2D eigenvalue weighted by Gasteiger charge is -2.23. The van der Waals surface area contributed by atoms with Gasteiger partial charge < -0.3 is 4.74 Å². The highest BCUT2D eigenvalue weighted by Gasteiger charge is 2.33. The van der Waals surface area contributed by atoms with Gasteiger partial charge in [0.05, 0.1) is 17.4 Å². The molecule has 2 aliphatic rings. The van der Waals surface area contributed by atoms with Crippen molar-refractivity contribution in [1.29, 1.82) is 0 Å². The highest BCUT2D eigenvalue weighted by Crippen LogP contribution is 2.33. The van der Waals surface area contributed by atoms with Crippen LogP contribution in [0.1, 0.15) is 25.7 Å². The van der Waals surface area contributed by atoms with Crippen LogP contribution in [0.5, 0.6) is 6.01 Å². The maximum atomic E-state index is 6.00. The first-order chi connectivity index (χ1) is 11.2. The Morgan fingerprint density at radius 3 is 2.52 bits per heavy atom. The summed E-state index contributed by atoms with van der Waals surface area (Å²) >= 11 is 5.83. The van der Waals surface area contributed by atoms with Crippen LogP contribution in [0.15, 0.2) is 37.2 Å². The van der Waals surface area contributed by atoms with E-state index in [9.17, 15) is 0 Å². The van der Waals surface area contributed by atoms with E-state index in [1.165, 1.54) is 25.9 Å². The smallest absolute Gasteiger partial charge is 0.316 e. The van der Waals surface area contributed by atoms with Gasteiger partial charge in [-0.2, -0.15) is 0 Å². The third-order valence-corrected chi connectivity index (χ3v) is 4.91. The van der Waals surface area contributed by atoms with Gasteiger partial charge in [-0.1, -0.05) is 29.8 Å². The second-order valence-electron chi connectivity index (χ2n) is 6.47. The number of hydrogen-bond donors (Lipinski definition) is 0. The molecular weight excluding hydrogens is 310 g/mol. The van der Waals surface area contributed by atoms with Crippen LogP contribution in [0.25, 0.3) is 0 Å². The molecule has 4 nitrogen and oxygen atoms in total. The lowest BCUT2D eigenvalue weighted by Crippen LogP contribution is -2.35. The van der Waals surface area contributed by atoms with E-state index >= 15 is 0 Å². The maximum absolute atomic E-state index is 6.00. The highest BCUT2D eigenvalue weighted by molar-refractivity contribution is 6.30. The summed E-state index contributed by atoms with van der Waals surface area (Å²) in [6.45, 7) is 7.08. The summed E-state index contributed by atoms with van der Waals surface area (Å²) in [5, 5.41) is 0.524. The first kappa shape index (κ1) is 16.5. The Morgan fingerprint density at radius 1 is 1.26 bits per heavy atom. The zero-order valence-electron chi connectivity index (χ0n) is 13.4. The summed E-state index contributed by atoms with van der Waals surface area (Å²) in [7, 11) is 0. The average Bonchev–Trinajstić information content (AvgIpc) is 2.97. The molecule has 3 rings (SSSR count). The van der Waals surface area contributed by atoms with Crippen molar-refractivity contribution in [3.63, 3.8) is 0 Å². The first-order valence-corrected chi connectivity index (χ1v) is 8.75. The van der Waals surface area contributed by atoms with E-state index in [4.69, 9.17) is 16.3 Å². The molecule has 0 bridgehead atoms. The summed E-state index contributed by atoms with van der Waals surface area (Å²) in [4.78, 5) is 10.8. The molecule has 0 unspecified atom stereocenters. The zero-order valence-corrected chi connectivity index (χ0v) is 14.2. The Morgan fingerprint density at radius 2 is 1.91 bits per heavy atom. The third-order valence-electron chi connectivity index (χ3n) is 4.72. The van der Waals surface area contributed by atoms with Crippen molar-refractivity contribution in [3.05, 3.63) is 42.2 Å². The Hall–Kier alpha value is -1.39. The monoisotopic (exact) mass is 333 g/mol. The van der Waals surface area contributed by atoms with Gasteiger partial charge >= 0.3 is 6.01 Å². The van der Waals surface area contributed by atoms with Gasteiger partial charge in [0.1, 0.15) is 6.10 Å². The van der Waals surface area contributed by atoms with Crippen LogP contribution in [0.3, 0.4) is 0 Å². The van der Waals surface area contributed by atoms with Crippen LogP contribution in [0, 0.1) is 11.8 Å². The third kappa shape index (κ3) is 4.55. The number of halogens is 1. The molecule has 23 heavy (non-hydrogen) atoms. The molecule has 1 aliphatic heterocycles. The summed E-state index contributed by atoms with van der Waals surface area (Å²) in [6.07, 6.45) is 14.1. The summed E-state index contributed by atoms with van der Waals surface area (Å²) < 4.78 is 6.00. The minimum Gasteiger partial charge on any atom is -0.459 e. The molecule has 1 aliphatic carbocycles. The molecule has 0 N–H and O–H groups in total. The highest BCUT2D eigenvalue weighted by atomic mass is 35.5. The molecule has 1 fully saturated rings. The molecule has 0 radical (unpaired) electrons. The van der Waals surface area contributed by atoms with Gasteiger partial charge in [0.15, 0.2) is 0 Å². The van der Waals surface area contributed by atoms with Gasteiger partial charge in [0.2, 0.25) is 0 Å². The van der Waals surface area contributed by atoms with Gasteiger partial charge in [-0.25, -0.2) is 9.97 Å². The van der Waals surface area contributed by atoms with Crippen LogP contribution < -0.4 is 4.74 Å². The molecule has 0 spiro atoms. The molecule has 5 heteroatoms. The number of ether oxygens (including phenoxy) is 1. The van der Waals surface area contributed by atoms with E-state index in [1.54, 1.807) is 12.4 Å². The van der Waals surface area contributed by atoms with Crippen LogP contribution in [-0.4, -0.2) is 40.6 Å². The number of nitrogens with zero attached hydrogens (tertiary/aromatic N) is 3. The fraction of sp³-hybridized carbons (Fsp3) is 0.556. The number of rotatable bonds is 7. The maximum Gasteiger partial charge on any atom is 0.316 e. The van der Waals surface area contributed by atoms with E-state index in [-0.39, 0.29) is 6.10 Å². The summed E-state index contributed by atoms with van der Waals surface area (Å²) in [5.74, 6) is 1.62. The minimum atomic E-state index is 0.0855. The first-order valence-electron chi connectivity index (χ1n) is 8.37. The Kier molecular flexibility index (Phi) is 5.68. The molecule has 124 valence electrons. The molecule has 1 aromatic heterocycles. The predicted octanol–water partition coefficient (Wildman–Crippen LogP) is 3.74. The number of likely N-dealkylation sites (tertiary alicyclic amines) is 1. The van der Waals surface area contributed by atoms with Gasteiger partial charge in [0, 0.05) is 19.6 Å². The average molecular weight is 334 g/mol. The number of fused-ring (bicyclic) bond motifs is 1. The Bertz CT molecular complexity index is 530. The van der Waals surface area contributed by atoms with Crippen LogP contribution in [-0.2, 0) is 0 Å². The van der Waals surface area contributed by atoms with Crippen molar-refractivity contribution >= 4 is 11.6 Å². The molecule has 0 aromatic carbocycles. The molecule has 3 atom stereocenters.